The molecule has 4 heterocycles. The molecule has 6 heteroatoms. The Labute approximate surface area is 169 Å². The van der Waals surface area contributed by atoms with Gasteiger partial charge in [0.05, 0.1) is 28.3 Å². The maximum atomic E-state index is 6.54. The molecule has 0 radical (unpaired) electrons. The smallest absolute Gasteiger partial charge is 0.149 e. The van der Waals surface area contributed by atoms with Crippen molar-refractivity contribution < 1.29 is 0 Å². The summed E-state index contributed by atoms with van der Waals surface area (Å²) in [5.74, 6) is 0.605. The minimum atomic E-state index is 0.550. The van der Waals surface area contributed by atoms with Crippen molar-refractivity contribution in [2.45, 2.75) is 33.6 Å². The van der Waals surface area contributed by atoms with Crippen LogP contribution in [0.15, 0.2) is 48.9 Å². The molecular formula is C22H22ClN5. The largest absolute Gasteiger partial charge is 0.338 e. The summed E-state index contributed by atoms with van der Waals surface area (Å²) in [4.78, 5) is 13.7. The molecule has 0 spiro atoms. The number of halogens is 1. The molecule has 0 aliphatic heterocycles. The molecule has 1 N–H and O–H groups in total. The van der Waals surface area contributed by atoms with Crippen LogP contribution < -0.4 is 5.32 Å². The number of aromatic nitrogens is 4. The Morgan fingerprint density at radius 2 is 1.96 bits per heavy atom. The van der Waals surface area contributed by atoms with E-state index in [1.807, 2.05) is 31.3 Å². The fourth-order valence-corrected chi connectivity index (χ4v) is 3.51. The van der Waals surface area contributed by atoms with E-state index in [4.69, 9.17) is 16.6 Å². The van der Waals surface area contributed by atoms with Crippen molar-refractivity contribution in [3.63, 3.8) is 0 Å². The van der Waals surface area contributed by atoms with E-state index in [-0.39, 0.29) is 0 Å². The number of rotatable bonds is 5. The third-order valence-electron chi connectivity index (χ3n) is 4.72. The monoisotopic (exact) mass is 391 g/mol. The van der Waals surface area contributed by atoms with Crippen LogP contribution in [0.4, 0.5) is 11.5 Å². The Morgan fingerprint density at radius 1 is 1.11 bits per heavy atom. The van der Waals surface area contributed by atoms with Crippen LogP contribution in [0.1, 0.15) is 30.3 Å². The minimum absolute atomic E-state index is 0.550. The third kappa shape index (κ3) is 3.45. The molecule has 28 heavy (non-hydrogen) atoms. The van der Waals surface area contributed by atoms with Gasteiger partial charge in [-0.15, -0.1) is 0 Å². The van der Waals surface area contributed by atoms with Crippen molar-refractivity contribution in [2.24, 2.45) is 0 Å². The second-order valence-corrected chi connectivity index (χ2v) is 7.32. The van der Waals surface area contributed by atoms with Gasteiger partial charge in [-0.05, 0) is 50.1 Å². The van der Waals surface area contributed by atoms with Crippen LogP contribution in [0.25, 0.3) is 16.9 Å². The first kappa shape index (κ1) is 18.4. The molecule has 0 saturated carbocycles. The highest BCUT2D eigenvalue weighted by Gasteiger charge is 2.16. The van der Waals surface area contributed by atoms with E-state index >= 15 is 0 Å². The van der Waals surface area contributed by atoms with Crippen molar-refractivity contribution >= 4 is 28.8 Å². The van der Waals surface area contributed by atoms with E-state index in [0.717, 1.165) is 46.7 Å². The number of aryl methyl sites for hydroxylation is 3. The molecule has 0 fully saturated rings. The van der Waals surface area contributed by atoms with Gasteiger partial charge in [0, 0.05) is 23.7 Å². The van der Waals surface area contributed by atoms with Crippen molar-refractivity contribution in [3.05, 3.63) is 70.9 Å². The van der Waals surface area contributed by atoms with Gasteiger partial charge in [0.25, 0.3) is 0 Å². The number of hydrogen-bond donors (Lipinski definition) is 1. The number of nitrogens with zero attached hydrogens (tertiary/aromatic N) is 4. The molecule has 0 aliphatic rings. The van der Waals surface area contributed by atoms with E-state index in [0.29, 0.717) is 10.8 Å². The lowest BCUT2D eigenvalue weighted by Gasteiger charge is -2.09. The zero-order valence-corrected chi connectivity index (χ0v) is 17.0. The third-order valence-corrected chi connectivity index (χ3v) is 5.01. The molecule has 5 nitrogen and oxygen atoms in total. The topological polar surface area (TPSA) is 55.1 Å². The summed E-state index contributed by atoms with van der Waals surface area (Å²) in [6, 6.07) is 9.96. The van der Waals surface area contributed by atoms with Crippen LogP contribution in [-0.2, 0) is 6.42 Å². The van der Waals surface area contributed by atoms with Gasteiger partial charge in [-0.2, -0.15) is 0 Å². The molecule has 4 rings (SSSR count). The number of anilines is 2. The van der Waals surface area contributed by atoms with Gasteiger partial charge in [0.15, 0.2) is 0 Å². The predicted octanol–water partition coefficient (Wildman–Crippen LogP) is 5.76. The second-order valence-electron chi connectivity index (χ2n) is 6.91. The van der Waals surface area contributed by atoms with Crippen LogP contribution >= 0.6 is 11.6 Å². The van der Waals surface area contributed by atoms with Gasteiger partial charge in [-0.3, -0.25) is 4.98 Å². The Hall–Kier alpha value is -2.92. The Kier molecular flexibility index (Phi) is 5.01. The molecule has 4 aromatic rings. The molecular weight excluding hydrogens is 370 g/mol. The van der Waals surface area contributed by atoms with Crippen LogP contribution in [0.5, 0.6) is 0 Å². The first-order valence-electron chi connectivity index (χ1n) is 9.39. The summed E-state index contributed by atoms with van der Waals surface area (Å²) in [5.41, 5.74) is 6.98. The summed E-state index contributed by atoms with van der Waals surface area (Å²) in [6.07, 6.45) is 7.64. The number of imidazole rings is 1. The molecule has 142 valence electrons. The van der Waals surface area contributed by atoms with Gasteiger partial charge >= 0.3 is 0 Å². The summed E-state index contributed by atoms with van der Waals surface area (Å²) in [7, 11) is 0. The van der Waals surface area contributed by atoms with Gasteiger partial charge < -0.3 is 9.72 Å². The highest BCUT2D eigenvalue weighted by Crippen LogP contribution is 2.31. The van der Waals surface area contributed by atoms with E-state index in [2.05, 4.69) is 51.9 Å². The van der Waals surface area contributed by atoms with Crippen molar-refractivity contribution in [1.82, 2.24) is 19.4 Å². The van der Waals surface area contributed by atoms with E-state index in [1.165, 1.54) is 5.69 Å². The maximum absolute atomic E-state index is 6.54. The molecule has 0 saturated heterocycles. The van der Waals surface area contributed by atoms with Gasteiger partial charge in [0.2, 0.25) is 0 Å². The molecule has 0 aliphatic carbocycles. The maximum Gasteiger partial charge on any atom is 0.149 e. The highest BCUT2D eigenvalue weighted by atomic mass is 35.5. The minimum Gasteiger partial charge on any atom is -0.338 e. The lowest BCUT2D eigenvalue weighted by molar-refractivity contribution is 0.869. The molecule has 0 unspecified atom stereocenters. The molecule has 4 aromatic heterocycles. The van der Waals surface area contributed by atoms with E-state index in [1.54, 1.807) is 6.20 Å². The summed E-state index contributed by atoms with van der Waals surface area (Å²) >= 11 is 6.54. The standard InChI is InChI=1S/C22H22ClN5/c1-4-6-19-20(27-22-14(2)7-5-10-28(19)22)16-11-18(23)21(25-12-16)26-17-9-8-15(3)24-13-17/h5,7-13H,4,6H2,1-3H3,(H,25,26). The molecule has 0 aromatic carbocycles. The Balaban J connectivity index is 1.74. The lowest BCUT2D eigenvalue weighted by Crippen LogP contribution is -1.97. The van der Waals surface area contributed by atoms with Gasteiger partial charge in [-0.25, -0.2) is 9.97 Å². The van der Waals surface area contributed by atoms with Gasteiger partial charge in [-0.1, -0.05) is 31.0 Å². The highest BCUT2D eigenvalue weighted by molar-refractivity contribution is 6.33. The quantitative estimate of drug-likeness (QED) is 0.470. The van der Waals surface area contributed by atoms with Crippen LogP contribution in [0.2, 0.25) is 5.02 Å². The number of hydrogen-bond acceptors (Lipinski definition) is 4. The average Bonchev–Trinajstić information content (AvgIpc) is 3.05. The summed E-state index contributed by atoms with van der Waals surface area (Å²) < 4.78 is 2.17. The average molecular weight is 392 g/mol. The number of pyridine rings is 3. The van der Waals surface area contributed by atoms with Crippen LogP contribution in [0.3, 0.4) is 0 Å². The van der Waals surface area contributed by atoms with Crippen LogP contribution in [-0.4, -0.2) is 19.4 Å². The first-order chi connectivity index (χ1) is 13.6. The molecule has 0 bridgehead atoms. The predicted molar refractivity (Wildman–Crippen MR) is 114 cm³/mol. The van der Waals surface area contributed by atoms with E-state index in [9.17, 15) is 0 Å². The number of fused-ring (bicyclic) bond motifs is 1. The number of nitrogens with one attached hydrogen (secondary N) is 1. The van der Waals surface area contributed by atoms with Crippen molar-refractivity contribution in [1.29, 1.82) is 0 Å². The lowest BCUT2D eigenvalue weighted by atomic mass is 10.1. The summed E-state index contributed by atoms with van der Waals surface area (Å²) in [5, 5.41) is 3.77. The Morgan fingerprint density at radius 3 is 2.68 bits per heavy atom. The zero-order valence-electron chi connectivity index (χ0n) is 16.2. The molecule has 0 amide bonds. The Bertz CT molecular complexity index is 1130. The van der Waals surface area contributed by atoms with Crippen molar-refractivity contribution in [3.8, 4) is 11.3 Å². The first-order valence-corrected chi connectivity index (χ1v) is 9.76. The zero-order chi connectivity index (χ0) is 19.7. The van der Waals surface area contributed by atoms with E-state index < -0.39 is 0 Å². The SMILES string of the molecule is CCCc1c(-c2cnc(Nc3ccc(C)nc3)c(Cl)c2)nc2c(C)cccn12. The second kappa shape index (κ2) is 7.60. The normalized spacial score (nSPS) is 11.1. The van der Waals surface area contributed by atoms with Crippen molar-refractivity contribution in [2.75, 3.05) is 5.32 Å². The fraction of sp³-hybridized carbons (Fsp3) is 0.227. The van der Waals surface area contributed by atoms with Crippen LogP contribution in [0, 0.1) is 13.8 Å². The summed E-state index contributed by atoms with van der Waals surface area (Å²) in [6.45, 7) is 6.21. The van der Waals surface area contributed by atoms with Gasteiger partial charge in [0.1, 0.15) is 11.5 Å². The molecule has 0 atom stereocenters. The fourth-order valence-electron chi connectivity index (χ4n) is 3.30.